The molecule has 126 valence electrons. The van der Waals surface area contributed by atoms with Crippen LogP contribution in [0.5, 0.6) is 0 Å². The van der Waals surface area contributed by atoms with Gasteiger partial charge in [0.05, 0.1) is 0 Å². The normalized spacial score (nSPS) is 88.5. The molecule has 6 unspecified atom stereocenters. The molecule has 12 rings (SSSR count). The molecule has 25 heavy (non-hydrogen) atoms. The van der Waals surface area contributed by atoms with Crippen LogP contribution in [0.25, 0.3) is 0 Å². The maximum absolute atomic E-state index is 3.18. The molecule has 0 saturated carbocycles. The Morgan fingerprint density at radius 2 is 0.960 bits per heavy atom. The van der Waals surface area contributed by atoms with Gasteiger partial charge in [0.1, 0.15) is 0 Å². The van der Waals surface area contributed by atoms with E-state index in [9.17, 15) is 0 Å². The zero-order valence-corrected chi connectivity index (χ0v) is 16.9. The monoisotopic (exact) mass is 402 g/mol. The topological polar surface area (TPSA) is 0 Å². The van der Waals surface area contributed by atoms with Crippen molar-refractivity contribution in [3.05, 3.63) is 60.7 Å². The first-order valence-electron chi connectivity index (χ1n) is 9.97. The average molecular weight is 402 g/mol. The second kappa shape index (κ2) is 1.27. The van der Waals surface area contributed by atoms with E-state index in [0.29, 0.717) is 0 Å². The number of fused-ring (bicyclic) bond motifs is 10. The molecule has 0 aliphatic carbocycles. The van der Waals surface area contributed by atoms with Gasteiger partial charge in [-0.05, 0) is 0 Å². The van der Waals surface area contributed by atoms with Crippen LogP contribution in [0, 0.1) is 0 Å². The molecule has 0 radical (unpaired) electrons. The van der Waals surface area contributed by atoms with E-state index in [0.717, 1.165) is 8.11 Å². The summed E-state index contributed by atoms with van der Waals surface area (Å²) in [7, 11) is 2.41. The number of hydrogen-bond acceptors (Lipinski definition) is 0. The van der Waals surface area contributed by atoms with Crippen LogP contribution in [0.2, 0.25) is 38.5 Å². The van der Waals surface area contributed by atoms with Gasteiger partial charge in [0, 0.05) is 0 Å². The molecule has 2 aromatic carbocycles. The second-order valence-electron chi connectivity index (χ2n) is 12.7. The summed E-state index contributed by atoms with van der Waals surface area (Å²) in [6, 6.07) is 23.6. The quantitative estimate of drug-likeness (QED) is 0.487. The first-order chi connectivity index (χ1) is 12.1. The van der Waals surface area contributed by atoms with Gasteiger partial charge in [-0.2, -0.15) is 0 Å². The van der Waals surface area contributed by atoms with Gasteiger partial charge in [-0.3, -0.25) is 0 Å². The van der Waals surface area contributed by atoms with Crippen molar-refractivity contribution in [2.24, 2.45) is 0 Å². The molecule has 0 amide bonds. The molecule has 10 aliphatic heterocycles. The Labute approximate surface area is 141 Å². The number of rotatable bonds is 4. The van der Waals surface area contributed by atoms with Gasteiger partial charge in [-0.15, -0.1) is 0 Å². The second-order valence-corrected chi connectivity index (χ2v) is 40.1. The van der Waals surface area contributed by atoms with E-state index in [1.807, 2.05) is 0 Å². The van der Waals surface area contributed by atoms with Gasteiger partial charge in [0.15, 0.2) is 0 Å². The van der Waals surface area contributed by atoms with E-state index in [1.54, 1.807) is 10.6 Å². The van der Waals surface area contributed by atoms with Gasteiger partial charge in [0.25, 0.3) is 0 Å². The van der Waals surface area contributed by atoms with Crippen LogP contribution in [0.1, 0.15) is 0 Å². The fourth-order valence-corrected chi connectivity index (χ4v) is 118. The fourth-order valence-electron chi connectivity index (χ4n) is 18.7. The van der Waals surface area contributed by atoms with Crippen molar-refractivity contribution in [2.45, 2.75) is 46.6 Å². The standard InChI is InChI=1S/C17H15P2.C5H5.Fe/c1-3-8-14(9-4-1)18-16-12-7-13-17(16)19-15-10-5-2-6-11-15;1-2-4-5-3-1;/h1-13,18-19H;1-5H;. The van der Waals surface area contributed by atoms with E-state index >= 15 is 0 Å². The van der Waals surface area contributed by atoms with Crippen LogP contribution in [-0.2, 0) is 6.51 Å². The summed E-state index contributed by atoms with van der Waals surface area (Å²) >= 11 is 0. The van der Waals surface area contributed by atoms with Crippen LogP contribution in [0.15, 0.2) is 60.7 Å². The maximum atomic E-state index is 2.48. The predicted molar refractivity (Wildman–Crippen MR) is 104 cm³/mol. The first-order valence-corrected chi connectivity index (χ1v) is 18.2. The Hall–Kier alpha value is -0.181. The Bertz CT molecular complexity index is 1370. The molecular weight excluding hydrogens is 382 g/mol. The van der Waals surface area contributed by atoms with Crippen LogP contribution < -0.4 is 10.6 Å². The summed E-state index contributed by atoms with van der Waals surface area (Å²) in [5.74, 6) is 0. The van der Waals surface area contributed by atoms with Crippen LogP contribution >= 0.6 is 17.2 Å². The Morgan fingerprint density at radius 3 is 1.28 bits per heavy atom. The molecule has 10 fully saturated rings. The molecule has 0 N–H and O–H groups in total. The van der Waals surface area contributed by atoms with Crippen molar-refractivity contribution in [3.63, 3.8) is 0 Å². The SMILES string of the molecule is c1ccc(P[C]23[CH]4[CH]5[CH]6[C]2(Pc2ccccc2)[Fe]54632789[CH]3[CH]2[CH]7[CH]8[CH]39)cc1. The third-order valence-corrected chi connectivity index (χ3v) is 72.2. The third kappa shape index (κ3) is 0.177. The minimum atomic E-state index is -3.18. The Morgan fingerprint density at radius 1 is 0.560 bits per heavy atom. The van der Waals surface area contributed by atoms with Crippen molar-refractivity contribution < 1.29 is 6.51 Å². The summed E-state index contributed by atoms with van der Waals surface area (Å²) in [5, 5.41) is 3.46. The molecule has 10 heterocycles. The van der Waals surface area contributed by atoms with Crippen LogP contribution in [0.4, 0.5) is 0 Å². The van der Waals surface area contributed by atoms with Crippen molar-refractivity contribution in [3.8, 4) is 0 Å². The molecular formula is C22H20FeP2. The summed E-state index contributed by atoms with van der Waals surface area (Å²) in [4.78, 5) is 11.4. The average Bonchev–Trinajstić information content (AvgIpc) is 3.60. The first kappa shape index (κ1) is 11.0. The zero-order valence-electron chi connectivity index (χ0n) is 13.7. The van der Waals surface area contributed by atoms with E-state index in [1.165, 1.54) is 55.7 Å². The van der Waals surface area contributed by atoms with E-state index in [-0.39, 0.29) is 0 Å². The van der Waals surface area contributed by atoms with Gasteiger partial charge in [0.2, 0.25) is 0 Å². The molecule has 0 bridgehead atoms. The molecule has 2 aromatic rings. The van der Waals surface area contributed by atoms with E-state index < -0.39 is 6.51 Å². The molecule has 10 aliphatic rings. The minimum absolute atomic E-state index is 0.988. The van der Waals surface area contributed by atoms with Crippen LogP contribution in [-0.4, -0.2) is 8.11 Å². The molecule has 1 spiro atoms. The third-order valence-electron chi connectivity index (χ3n) is 17.1. The Balaban J connectivity index is 1.24. The Kier molecular flexibility index (Phi) is 0.558. The molecule has 0 nitrogen and oxygen atoms in total. The number of benzene rings is 2. The van der Waals surface area contributed by atoms with E-state index in [4.69, 9.17) is 0 Å². The molecule has 6 atom stereocenters. The fraction of sp³-hybridized carbons (Fsp3) is 0.455. The summed E-state index contributed by atoms with van der Waals surface area (Å²) in [6.45, 7) is -3.18. The summed E-state index contributed by atoms with van der Waals surface area (Å²) in [6.07, 6.45) is 0. The van der Waals surface area contributed by atoms with Crippen molar-refractivity contribution in [2.75, 3.05) is 0 Å². The van der Waals surface area contributed by atoms with E-state index in [2.05, 4.69) is 60.7 Å². The van der Waals surface area contributed by atoms with Gasteiger partial charge >= 0.3 is 142 Å². The predicted octanol–water partition coefficient (Wildman–Crippen LogP) is 5.20. The van der Waals surface area contributed by atoms with Gasteiger partial charge in [-0.1, -0.05) is 0 Å². The van der Waals surface area contributed by atoms with Gasteiger partial charge in [-0.25, -0.2) is 0 Å². The molecule has 3 heteroatoms. The van der Waals surface area contributed by atoms with Crippen molar-refractivity contribution in [1.29, 1.82) is 0 Å². The van der Waals surface area contributed by atoms with Gasteiger partial charge < -0.3 is 0 Å². The van der Waals surface area contributed by atoms with Crippen LogP contribution in [0.3, 0.4) is 0 Å². The van der Waals surface area contributed by atoms with Crippen molar-refractivity contribution in [1.82, 2.24) is 0 Å². The zero-order chi connectivity index (χ0) is 15.6. The molecule has 0 aromatic heterocycles. The van der Waals surface area contributed by atoms with Crippen molar-refractivity contribution >= 4 is 27.8 Å². The summed E-state index contributed by atoms with van der Waals surface area (Å²) in [5.41, 5.74) is 0. The number of hydrogen-bond donors (Lipinski definition) is 0. The summed E-state index contributed by atoms with van der Waals surface area (Å²) < 4.78 is 1.98. The molecule has 10 saturated heterocycles.